The molecule has 32 heavy (non-hydrogen) atoms. The minimum Gasteiger partial charge on any atom is -0.481 e. The van der Waals surface area contributed by atoms with Crippen LogP contribution >= 0.6 is 0 Å². The first kappa shape index (κ1) is 25.2. The lowest BCUT2D eigenvalue weighted by Gasteiger charge is -2.14. The Morgan fingerprint density at radius 2 is 1.03 bits per heavy atom. The lowest BCUT2D eigenvalue weighted by Crippen LogP contribution is -2.07. The molecule has 2 unspecified atom stereocenters. The number of carboxylic acid groups (broad SMARTS) is 2. The third kappa shape index (κ3) is 6.74. The largest absolute Gasteiger partial charge is 0.481 e. The number of carboxylic acids is 2. The van der Waals surface area contributed by atoms with Crippen LogP contribution in [0.2, 0.25) is 0 Å². The number of azo groups is 1. The molecular formula is C26H34N2O4. The molecule has 0 amide bonds. The topological polar surface area (TPSA) is 99.3 Å². The van der Waals surface area contributed by atoms with E-state index in [0.29, 0.717) is 34.3 Å². The molecule has 0 saturated heterocycles. The second-order valence-electron chi connectivity index (χ2n) is 9.29. The van der Waals surface area contributed by atoms with Crippen molar-refractivity contribution in [1.82, 2.24) is 0 Å². The van der Waals surface area contributed by atoms with E-state index in [9.17, 15) is 19.8 Å². The van der Waals surface area contributed by atoms with E-state index in [2.05, 4.69) is 37.9 Å². The van der Waals surface area contributed by atoms with Crippen molar-refractivity contribution in [2.24, 2.45) is 22.1 Å². The normalized spacial score (nSPS) is 13.6. The minimum absolute atomic E-state index is 0.406. The summed E-state index contributed by atoms with van der Waals surface area (Å²) < 4.78 is 0. The predicted octanol–water partition coefficient (Wildman–Crippen LogP) is 6.88. The van der Waals surface area contributed by atoms with Gasteiger partial charge in [-0.1, -0.05) is 52.0 Å². The van der Waals surface area contributed by atoms with Gasteiger partial charge in [0.15, 0.2) is 0 Å². The summed E-state index contributed by atoms with van der Waals surface area (Å²) >= 11 is 0. The first-order valence-electron chi connectivity index (χ1n) is 11.1. The molecule has 6 nitrogen and oxygen atoms in total. The standard InChI is InChI=1S/C26H34N2O4/c1-15(2)11-21-9-7-19(17(5)25(29)30)13-23(21)27-28-24-14-20(18(6)26(31)32)8-10-22(24)12-16(3)4/h7-10,13-18H,11-12H2,1-6H3,(H,29,30)(H,31,32)/b28-27+. The van der Waals surface area contributed by atoms with Crippen molar-refractivity contribution in [2.45, 2.75) is 66.2 Å². The highest BCUT2D eigenvalue weighted by molar-refractivity contribution is 5.76. The highest BCUT2D eigenvalue weighted by Gasteiger charge is 2.18. The van der Waals surface area contributed by atoms with Crippen LogP contribution in [0.15, 0.2) is 46.6 Å². The molecule has 2 aromatic carbocycles. The van der Waals surface area contributed by atoms with Crippen LogP contribution in [0, 0.1) is 11.8 Å². The molecule has 2 N–H and O–H groups in total. The molecular weight excluding hydrogens is 404 g/mol. The summed E-state index contributed by atoms with van der Waals surface area (Å²) in [6.45, 7) is 11.8. The maximum atomic E-state index is 11.5. The van der Waals surface area contributed by atoms with Gasteiger partial charge in [-0.15, -0.1) is 0 Å². The molecule has 0 bridgehead atoms. The summed E-state index contributed by atoms with van der Waals surface area (Å²) in [4.78, 5) is 22.9. The van der Waals surface area contributed by atoms with Crippen molar-refractivity contribution in [3.8, 4) is 0 Å². The van der Waals surface area contributed by atoms with Gasteiger partial charge < -0.3 is 10.2 Å². The summed E-state index contributed by atoms with van der Waals surface area (Å²) in [6, 6.07) is 11.1. The van der Waals surface area contributed by atoms with Gasteiger partial charge in [-0.05, 0) is 72.9 Å². The number of benzene rings is 2. The molecule has 0 aliphatic rings. The molecule has 0 heterocycles. The Kier molecular flexibility index (Phi) is 8.70. The Balaban J connectivity index is 2.55. The Hall–Kier alpha value is -3.02. The summed E-state index contributed by atoms with van der Waals surface area (Å²) in [5.41, 5.74) is 4.66. The molecule has 2 rings (SSSR count). The monoisotopic (exact) mass is 438 g/mol. The molecule has 2 atom stereocenters. The van der Waals surface area contributed by atoms with Crippen molar-refractivity contribution >= 4 is 23.3 Å². The van der Waals surface area contributed by atoms with Crippen molar-refractivity contribution in [3.05, 3.63) is 58.7 Å². The van der Waals surface area contributed by atoms with Crippen molar-refractivity contribution < 1.29 is 19.8 Å². The molecule has 0 fully saturated rings. The lowest BCUT2D eigenvalue weighted by atomic mass is 9.95. The third-order valence-corrected chi connectivity index (χ3v) is 5.48. The average Bonchev–Trinajstić information content (AvgIpc) is 2.71. The molecule has 0 radical (unpaired) electrons. The van der Waals surface area contributed by atoms with Gasteiger partial charge in [-0.25, -0.2) is 0 Å². The van der Waals surface area contributed by atoms with Crippen LogP contribution in [0.1, 0.15) is 75.6 Å². The highest BCUT2D eigenvalue weighted by atomic mass is 16.4. The van der Waals surface area contributed by atoms with Crippen LogP contribution in [0.4, 0.5) is 11.4 Å². The van der Waals surface area contributed by atoms with Crippen molar-refractivity contribution in [2.75, 3.05) is 0 Å². The van der Waals surface area contributed by atoms with Crippen molar-refractivity contribution in [1.29, 1.82) is 0 Å². The van der Waals surface area contributed by atoms with Crippen LogP contribution in [-0.4, -0.2) is 22.2 Å². The number of hydrogen-bond acceptors (Lipinski definition) is 4. The SMILES string of the molecule is CC(C)Cc1ccc(C(C)C(=O)O)cc1/N=N/c1cc(C(C)C(=O)O)ccc1CC(C)C. The fourth-order valence-corrected chi connectivity index (χ4v) is 3.50. The van der Waals surface area contributed by atoms with Crippen LogP contribution in [-0.2, 0) is 22.4 Å². The number of aliphatic carboxylic acids is 2. The molecule has 0 saturated carbocycles. The van der Waals surface area contributed by atoms with Gasteiger partial charge in [0.05, 0.1) is 23.2 Å². The Morgan fingerprint density at radius 3 is 1.31 bits per heavy atom. The zero-order chi connectivity index (χ0) is 24.0. The fraction of sp³-hybridized carbons (Fsp3) is 0.462. The lowest BCUT2D eigenvalue weighted by molar-refractivity contribution is -0.139. The van der Waals surface area contributed by atoms with E-state index in [1.165, 1.54) is 0 Å². The maximum absolute atomic E-state index is 11.5. The van der Waals surface area contributed by atoms with E-state index in [4.69, 9.17) is 0 Å². The van der Waals surface area contributed by atoms with Crippen LogP contribution < -0.4 is 0 Å². The van der Waals surface area contributed by atoms with E-state index in [0.717, 1.165) is 24.0 Å². The van der Waals surface area contributed by atoms with Gasteiger partial charge in [0.25, 0.3) is 0 Å². The Morgan fingerprint density at radius 1 is 0.688 bits per heavy atom. The fourth-order valence-electron chi connectivity index (χ4n) is 3.50. The van der Waals surface area contributed by atoms with Crippen LogP contribution in [0.25, 0.3) is 0 Å². The zero-order valence-electron chi connectivity index (χ0n) is 19.8. The maximum Gasteiger partial charge on any atom is 0.310 e. The first-order valence-corrected chi connectivity index (χ1v) is 11.1. The molecule has 2 aromatic rings. The second kappa shape index (κ2) is 11.0. The number of rotatable bonds is 10. The minimum atomic E-state index is -0.890. The van der Waals surface area contributed by atoms with E-state index >= 15 is 0 Å². The van der Waals surface area contributed by atoms with Gasteiger partial charge in [0.2, 0.25) is 0 Å². The number of nitrogens with zero attached hydrogens (tertiary/aromatic N) is 2. The predicted molar refractivity (Wildman–Crippen MR) is 126 cm³/mol. The first-order chi connectivity index (χ1) is 15.0. The van der Waals surface area contributed by atoms with Crippen LogP contribution in [0.3, 0.4) is 0 Å². The number of carbonyl (C=O) groups is 2. The second-order valence-corrected chi connectivity index (χ2v) is 9.29. The van der Waals surface area contributed by atoms with E-state index < -0.39 is 23.8 Å². The zero-order valence-corrected chi connectivity index (χ0v) is 19.8. The van der Waals surface area contributed by atoms with Crippen LogP contribution in [0.5, 0.6) is 0 Å². The van der Waals surface area contributed by atoms with E-state index in [-0.39, 0.29) is 0 Å². The quantitative estimate of drug-likeness (QED) is 0.395. The molecule has 0 aromatic heterocycles. The summed E-state index contributed by atoms with van der Waals surface area (Å²) in [6.07, 6.45) is 1.59. The molecule has 6 heteroatoms. The summed E-state index contributed by atoms with van der Waals surface area (Å²) in [5.74, 6) is -2.26. The average molecular weight is 439 g/mol. The highest BCUT2D eigenvalue weighted by Crippen LogP contribution is 2.32. The Bertz CT molecular complexity index is 916. The van der Waals surface area contributed by atoms with E-state index in [1.807, 2.05) is 24.3 Å². The van der Waals surface area contributed by atoms with Gasteiger partial charge >= 0.3 is 11.9 Å². The van der Waals surface area contributed by atoms with Gasteiger partial charge in [-0.2, -0.15) is 10.2 Å². The molecule has 0 aliphatic carbocycles. The van der Waals surface area contributed by atoms with Gasteiger partial charge in [0, 0.05) is 0 Å². The molecule has 0 aliphatic heterocycles. The Labute approximate surface area is 190 Å². The number of hydrogen-bond donors (Lipinski definition) is 2. The molecule has 0 spiro atoms. The van der Waals surface area contributed by atoms with E-state index in [1.54, 1.807) is 26.0 Å². The summed E-state index contributed by atoms with van der Waals surface area (Å²) in [7, 11) is 0. The summed E-state index contributed by atoms with van der Waals surface area (Å²) in [5, 5.41) is 27.8. The van der Waals surface area contributed by atoms with Gasteiger partial charge in [-0.3, -0.25) is 9.59 Å². The van der Waals surface area contributed by atoms with Crippen molar-refractivity contribution in [3.63, 3.8) is 0 Å². The smallest absolute Gasteiger partial charge is 0.310 e. The molecule has 172 valence electrons. The van der Waals surface area contributed by atoms with Gasteiger partial charge in [0.1, 0.15) is 0 Å². The third-order valence-electron chi connectivity index (χ3n) is 5.48.